The topological polar surface area (TPSA) is 55.4 Å². The van der Waals surface area contributed by atoms with E-state index in [0.29, 0.717) is 38.3 Å². The number of hydrogen-bond acceptors (Lipinski definition) is 3. The van der Waals surface area contributed by atoms with Crippen LogP contribution in [0.2, 0.25) is 0 Å². The van der Waals surface area contributed by atoms with Crippen LogP contribution in [0.15, 0.2) is 0 Å². The molecule has 0 fully saturated rings. The molecule has 0 aromatic heterocycles. The SMILES string of the molecule is CCOC(=O)CCCNC(=O)CC(C)C. The van der Waals surface area contributed by atoms with Gasteiger partial charge in [-0.05, 0) is 19.3 Å². The molecule has 4 heteroatoms. The summed E-state index contributed by atoms with van der Waals surface area (Å²) in [7, 11) is 0. The molecule has 0 unspecified atom stereocenters. The first-order valence-corrected chi connectivity index (χ1v) is 5.48. The Morgan fingerprint density at radius 1 is 1.33 bits per heavy atom. The van der Waals surface area contributed by atoms with Gasteiger partial charge in [0.2, 0.25) is 5.91 Å². The highest BCUT2D eigenvalue weighted by Crippen LogP contribution is 1.98. The van der Waals surface area contributed by atoms with Gasteiger partial charge < -0.3 is 10.1 Å². The van der Waals surface area contributed by atoms with Crippen molar-refractivity contribution in [3.05, 3.63) is 0 Å². The summed E-state index contributed by atoms with van der Waals surface area (Å²) in [6, 6.07) is 0. The quantitative estimate of drug-likeness (QED) is 0.517. The summed E-state index contributed by atoms with van der Waals surface area (Å²) in [6.45, 7) is 6.74. The highest BCUT2D eigenvalue weighted by Gasteiger charge is 2.05. The second-order valence-corrected chi connectivity index (χ2v) is 3.86. The maximum absolute atomic E-state index is 11.2. The lowest BCUT2D eigenvalue weighted by atomic mass is 10.1. The Hall–Kier alpha value is -1.06. The number of carbonyl (C=O) groups excluding carboxylic acids is 2. The van der Waals surface area contributed by atoms with Gasteiger partial charge >= 0.3 is 5.97 Å². The Kier molecular flexibility index (Phi) is 7.68. The van der Waals surface area contributed by atoms with Gasteiger partial charge in [0.25, 0.3) is 0 Å². The van der Waals surface area contributed by atoms with Crippen LogP contribution in [-0.4, -0.2) is 25.0 Å². The molecule has 1 N–H and O–H groups in total. The molecule has 0 spiro atoms. The number of esters is 1. The van der Waals surface area contributed by atoms with Crippen LogP contribution in [-0.2, 0) is 14.3 Å². The maximum Gasteiger partial charge on any atom is 0.305 e. The molecule has 0 aliphatic rings. The van der Waals surface area contributed by atoms with E-state index in [1.807, 2.05) is 13.8 Å². The molecule has 0 bridgehead atoms. The molecule has 0 atom stereocenters. The fourth-order valence-electron chi connectivity index (χ4n) is 1.14. The number of amides is 1. The molecule has 0 aromatic rings. The van der Waals surface area contributed by atoms with Crippen molar-refractivity contribution >= 4 is 11.9 Å². The van der Waals surface area contributed by atoms with Crippen molar-refractivity contribution in [1.82, 2.24) is 5.32 Å². The van der Waals surface area contributed by atoms with E-state index in [1.54, 1.807) is 6.92 Å². The minimum atomic E-state index is -0.199. The molecule has 4 nitrogen and oxygen atoms in total. The van der Waals surface area contributed by atoms with Gasteiger partial charge in [-0.1, -0.05) is 13.8 Å². The molecule has 0 radical (unpaired) electrons. The molecule has 0 saturated carbocycles. The highest BCUT2D eigenvalue weighted by molar-refractivity contribution is 5.76. The average Bonchev–Trinajstić information content (AvgIpc) is 2.12. The van der Waals surface area contributed by atoms with E-state index in [0.717, 1.165) is 0 Å². The third kappa shape index (κ3) is 9.25. The van der Waals surface area contributed by atoms with Crippen LogP contribution in [0.1, 0.15) is 40.0 Å². The van der Waals surface area contributed by atoms with Crippen LogP contribution >= 0.6 is 0 Å². The smallest absolute Gasteiger partial charge is 0.305 e. The number of nitrogens with one attached hydrogen (secondary N) is 1. The first-order chi connectivity index (χ1) is 7.06. The van der Waals surface area contributed by atoms with Gasteiger partial charge in [0.1, 0.15) is 0 Å². The molecule has 0 aliphatic heterocycles. The van der Waals surface area contributed by atoms with E-state index in [2.05, 4.69) is 5.32 Å². The Labute approximate surface area is 91.4 Å². The van der Waals surface area contributed by atoms with Gasteiger partial charge in [-0.2, -0.15) is 0 Å². The predicted octanol–water partition coefficient (Wildman–Crippen LogP) is 1.49. The lowest BCUT2D eigenvalue weighted by Crippen LogP contribution is -2.26. The summed E-state index contributed by atoms with van der Waals surface area (Å²) < 4.78 is 4.76. The van der Waals surface area contributed by atoms with Gasteiger partial charge in [-0.3, -0.25) is 9.59 Å². The molecule has 1 amide bonds. The number of rotatable bonds is 7. The first kappa shape index (κ1) is 13.9. The van der Waals surface area contributed by atoms with Gasteiger partial charge in [-0.25, -0.2) is 0 Å². The molecule has 88 valence electrons. The zero-order chi connectivity index (χ0) is 11.7. The van der Waals surface area contributed by atoms with Crippen molar-refractivity contribution in [1.29, 1.82) is 0 Å². The second kappa shape index (κ2) is 8.26. The molecule has 0 aliphatic carbocycles. The van der Waals surface area contributed by atoms with Crippen molar-refractivity contribution in [3.63, 3.8) is 0 Å². The Bertz CT molecular complexity index is 202. The van der Waals surface area contributed by atoms with Crippen molar-refractivity contribution < 1.29 is 14.3 Å². The Morgan fingerprint density at radius 2 is 2.00 bits per heavy atom. The van der Waals surface area contributed by atoms with Crippen molar-refractivity contribution in [2.75, 3.05) is 13.2 Å². The minimum Gasteiger partial charge on any atom is -0.466 e. The van der Waals surface area contributed by atoms with Crippen LogP contribution in [0.3, 0.4) is 0 Å². The minimum absolute atomic E-state index is 0.0499. The van der Waals surface area contributed by atoms with Crippen LogP contribution in [0.5, 0.6) is 0 Å². The van der Waals surface area contributed by atoms with Crippen molar-refractivity contribution in [3.8, 4) is 0 Å². The van der Waals surface area contributed by atoms with E-state index < -0.39 is 0 Å². The van der Waals surface area contributed by atoms with E-state index in [9.17, 15) is 9.59 Å². The zero-order valence-electron chi connectivity index (χ0n) is 9.84. The van der Waals surface area contributed by atoms with E-state index >= 15 is 0 Å². The fourth-order valence-corrected chi connectivity index (χ4v) is 1.14. The number of ether oxygens (including phenoxy) is 1. The summed E-state index contributed by atoms with van der Waals surface area (Å²) in [6.07, 6.45) is 1.55. The summed E-state index contributed by atoms with van der Waals surface area (Å²) >= 11 is 0. The van der Waals surface area contributed by atoms with E-state index in [1.165, 1.54) is 0 Å². The molecule has 0 heterocycles. The van der Waals surface area contributed by atoms with Gasteiger partial charge in [-0.15, -0.1) is 0 Å². The summed E-state index contributed by atoms with van der Waals surface area (Å²) in [4.78, 5) is 22.1. The number of hydrogen-bond donors (Lipinski definition) is 1. The number of carbonyl (C=O) groups is 2. The lowest BCUT2D eigenvalue weighted by molar-refractivity contribution is -0.143. The Balaban J connectivity index is 3.38. The Morgan fingerprint density at radius 3 is 2.53 bits per heavy atom. The molecule has 0 saturated heterocycles. The molecular formula is C11H21NO3. The monoisotopic (exact) mass is 215 g/mol. The molecule has 15 heavy (non-hydrogen) atoms. The molecule has 0 rings (SSSR count). The van der Waals surface area contributed by atoms with Crippen LogP contribution in [0.4, 0.5) is 0 Å². The first-order valence-electron chi connectivity index (χ1n) is 5.48. The van der Waals surface area contributed by atoms with Crippen LogP contribution in [0.25, 0.3) is 0 Å². The summed E-state index contributed by atoms with van der Waals surface area (Å²) in [5, 5.41) is 2.76. The van der Waals surface area contributed by atoms with Crippen LogP contribution in [0, 0.1) is 5.92 Å². The largest absolute Gasteiger partial charge is 0.466 e. The van der Waals surface area contributed by atoms with Gasteiger partial charge in [0, 0.05) is 19.4 Å². The standard InChI is InChI=1S/C11H21NO3/c1-4-15-11(14)6-5-7-12-10(13)8-9(2)3/h9H,4-8H2,1-3H3,(H,12,13). The predicted molar refractivity (Wildman–Crippen MR) is 58.3 cm³/mol. The van der Waals surface area contributed by atoms with Gasteiger partial charge in [0.15, 0.2) is 0 Å². The van der Waals surface area contributed by atoms with Gasteiger partial charge in [0.05, 0.1) is 6.61 Å². The van der Waals surface area contributed by atoms with Crippen molar-refractivity contribution in [2.45, 2.75) is 40.0 Å². The third-order valence-corrected chi connectivity index (χ3v) is 1.78. The highest BCUT2D eigenvalue weighted by atomic mass is 16.5. The van der Waals surface area contributed by atoms with Crippen LogP contribution < -0.4 is 5.32 Å². The molecular weight excluding hydrogens is 194 g/mol. The van der Waals surface area contributed by atoms with E-state index in [4.69, 9.17) is 4.74 Å². The maximum atomic E-state index is 11.2. The fraction of sp³-hybridized carbons (Fsp3) is 0.818. The van der Waals surface area contributed by atoms with E-state index in [-0.39, 0.29) is 11.9 Å². The molecule has 0 aromatic carbocycles. The third-order valence-electron chi connectivity index (χ3n) is 1.78. The van der Waals surface area contributed by atoms with Crippen molar-refractivity contribution in [2.24, 2.45) is 5.92 Å². The normalized spacial score (nSPS) is 10.1. The average molecular weight is 215 g/mol. The summed E-state index contributed by atoms with van der Waals surface area (Å²) in [5.41, 5.74) is 0. The lowest BCUT2D eigenvalue weighted by Gasteiger charge is -2.06. The summed E-state index contributed by atoms with van der Waals surface area (Å²) in [5.74, 6) is 0.222. The zero-order valence-corrected chi connectivity index (χ0v) is 9.84. The second-order valence-electron chi connectivity index (χ2n) is 3.86.